The van der Waals surface area contributed by atoms with E-state index >= 15 is 0 Å². The normalized spacial score (nSPS) is 14.9. The van der Waals surface area contributed by atoms with Gasteiger partial charge in [0.05, 0.1) is 25.5 Å². The first-order chi connectivity index (χ1) is 13.0. The monoisotopic (exact) mass is 391 g/mol. The summed E-state index contributed by atoms with van der Waals surface area (Å²) in [4.78, 5) is 20.7. The zero-order chi connectivity index (χ0) is 19.4. The smallest absolute Gasteiger partial charge is 0.317 e. The number of nitrogens with zero attached hydrogens (tertiary/aromatic N) is 4. The minimum absolute atomic E-state index is 0.0927. The van der Waals surface area contributed by atoms with E-state index in [1.54, 1.807) is 29.8 Å². The number of rotatable bonds is 5. The molecular formula is C19H26ClN5O2. The number of para-hydroxylation sites is 2. The molecule has 1 saturated heterocycles. The van der Waals surface area contributed by atoms with Crippen LogP contribution in [-0.4, -0.2) is 53.8 Å². The van der Waals surface area contributed by atoms with Crippen LogP contribution in [0.15, 0.2) is 30.5 Å². The molecule has 1 N–H and O–H groups in total. The van der Waals surface area contributed by atoms with Gasteiger partial charge in [-0.25, -0.2) is 9.78 Å². The Bertz CT molecular complexity index is 786. The molecule has 0 spiro atoms. The number of hydrogen-bond donors (Lipinski definition) is 1. The number of amides is 2. The number of aromatic nitrogens is 2. The Labute approximate surface area is 164 Å². The van der Waals surface area contributed by atoms with Gasteiger partial charge in [-0.1, -0.05) is 23.7 Å². The number of nitrogens with one attached hydrogen (secondary N) is 1. The number of halogens is 1. The van der Waals surface area contributed by atoms with Crippen molar-refractivity contribution in [2.24, 2.45) is 7.05 Å². The Hall–Kier alpha value is -2.41. The molecule has 1 aliphatic rings. The van der Waals surface area contributed by atoms with Gasteiger partial charge in [-0.15, -0.1) is 0 Å². The Balaban J connectivity index is 1.51. The molecule has 1 fully saturated rings. The molecule has 3 rings (SSSR count). The fourth-order valence-electron chi connectivity index (χ4n) is 3.30. The fraction of sp³-hybridized carbons (Fsp3) is 0.474. The Morgan fingerprint density at radius 3 is 2.70 bits per heavy atom. The van der Waals surface area contributed by atoms with Gasteiger partial charge in [0.1, 0.15) is 16.7 Å². The summed E-state index contributed by atoms with van der Waals surface area (Å²) >= 11 is 6.00. The van der Waals surface area contributed by atoms with E-state index in [-0.39, 0.29) is 12.1 Å². The second-order valence-corrected chi connectivity index (χ2v) is 7.18. The van der Waals surface area contributed by atoms with Crippen molar-refractivity contribution < 1.29 is 9.53 Å². The zero-order valence-electron chi connectivity index (χ0n) is 16.0. The van der Waals surface area contributed by atoms with Gasteiger partial charge in [0.15, 0.2) is 0 Å². The number of urea groups is 1. The highest BCUT2D eigenvalue weighted by Gasteiger charge is 2.24. The van der Waals surface area contributed by atoms with Gasteiger partial charge < -0.3 is 24.4 Å². The van der Waals surface area contributed by atoms with Crippen LogP contribution in [-0.2, 0) is 13.6 Å². The van der Waals surface area contributed by atoms with Crippen LogP contribution in [0.5, 0.6) is 5.75 Å². The lowest BCUT2D eigenvalue weighted by Crippen LogP contribution is -2.48. The third kappa shape index (κ3) is 4.47. The lowest BCUT2D eigenvalue weighted by molar-refractivity contribution is 0.198. The van der Waals surface area contributed by atoms with Gasteiger partial charge in [-0.05, 0) is 25.0 Å². The van der Waals surface area contributed by atoms with Crippen molar-refractivity contribution in [2.75, 3.05) is 32.1 Å². The van der Waals surface area contributed by atoms with Crippen molar-refractivity contribution in [3.63, 3.8) is 0 Å². The molecule has 2 heterocycles. The average Bonchev–Trinajstić information content (AvgIpc) is 3.00. The van der Waals surface area contributed by atoms with E-state index in [4.69, 9.17) is 16.3 Å². The number of benzene rings is 1. The predicted octanol–water partition coefficient (Wildman–Crippen LogP) is 2.89. The van der Waals surface area contributed by atoms with Crippen molar-refractivity contribution in [3.8, 4) is 5.75 Å². The van der Waals surface area contributed by atoms with E-state index in [1.165, 1.54) is 0 Å². The third-order valence-corrected chi connectivity index (χ3v) is 5.35. The molecule has 1 aliphatic heterocycles. The largest absolute Gasteiger partial charge is 0.495 e. The molecule has 0 bridgehead atoms. The zero-order valence-corrected chi connectivity index (χ0v) is 16.7. The molecule has 0 radical (unpaired) electrons. The minimum atomic E-state index is -0.0927. The summed E-state index contributed by atoms with van der Waals surface area (Å²) in [7, 11) is 5.29. The van der Waals surface area contributed by atoms with Gasteiger partial charge in [0, 0.05) is 33.2 Å². The summed E-state index contributed by atoms with van der Waals surface area (Å²) in [5.74, 6) is 1.64. The topological polar surface area (TPSA) is 62.6 Å². The summed E-state index contributed by atoms with van der Waals surface area (Å²) in [5, 5.41) is 3.68. The Morgan fingerprint density at radius 1 is 1.37 bits per heavy atom. The molecule has 27 heavy (non-hydrogen) atoms. The van der Waals surface area contributed by atoms with Gasteiger partial charge in [-0.2, -0.15) is 0 Å². The van der Waals surface area contributed by atoms with E-state index in [0.717, 1.165) is 43.2 Å². The van der Waals surface area contributed by atoms with Crippen molar-refractivity contribution in [2.45, 2.75) is 25.4 Å². The molecule has 1 aromatic heterocycles. The van der Waals surface area contributed by atoms with E-state index in [1.807, 2.05) is 25.2 Å². The van der Waals surface area contributed by atoms with Gasteiger partial charge >= 0.3 is 6.03 Å². The lowest BCUT2D eigenvalue weighted by atomic mass is 10.0. The molecule has 1 aromatic carbocycles. The molecular weight excluding hydrogens is 366 g/mol. The maximum absolute atomic E-state index is 12.5. The Morgan fingerprint density at radius 2 is 2.07 bits per heavy atom. The predicted molar refractivity (Wildman–Crippen MR) is 106 cm³/mol. The molecule has 7 nitrogen and oxygen atoms in total. The molecule has 0 aliphatic carbocycles. The van der Waals surface area contributed by atoms with E-state index in [9.17, 15) is 4.79 Å². The third-order valence-electron chi connectivity index (χ3n) is 5.00. The number of hydrogen-bond acceptors (Lipinski definition) is 4. The quantitative estimate of drug-likeness (QED) is 0.851. The van der Waals surface area contributed by atoms with E-state index in [2.05, 4.69) is 21.3 Å². The summed E-state index contributed by atoms with van der Waals surface area (Å²) in [6, 6.07) is 8.11. The van der Waals surface area contributed by atoms with Crippen LogP contribution in [0, 0.1) is 0 Å². The summed E-state index contributed by atoms with van der Waals surface area (Å²) < 4.78 is 7.23. The molecule has 0 saturated carbocycles. The van der Waals surface area contributed by atoms with Crippen LogP contribution in [0.2, 0.25) is 5.15 Å². The van der Waals surface area contributed by atoms with E-state index < -0.39 is 0 Å². The number of anilines is 1. The van der Waals surface area contributed by atoms with Gasteiger partial charge in [-0.3, -0.25) is 0 Å². The highest BCUT2D eigenvalue weighted by Crippen LogP contribution is 2.29. The number of methoxy groups -OCH3 is 1. The van der Waals surface area contributed by atoms with Crippen molar-refractivity contribution >= 4 is 23.3 Å². The molecule has 146 valence electrons. The van der Waals surface area contributed by atoms with Crippen molar-refractivity contribution in [3.05, 3.63) is 41.4 Å². The second kappa shape index (κ2) is 8.52. The number of carbonyl (C=O) groups excluding carboxylic acids is 1. The first-order valence-corrected chi connectivity index (χ1v) is 9.43. The standard InChI is InChI=1S/C19H26ClN5O2/c1-23(13-18-21-12-17(20)24(18)2)19(26)22-14-8-10-25(11-9-14)15-6-4-5-7-16(15)27-3/h4-7,12,14H,8-11,13H2,1-3H3,(H,22,26). The second-order valence-electron chi connectivity index (χ2n) is 6.79. The van der Waals surface area contributed by atoms with Gasteiger partial charge in [0.2, 0.25) is 0 Å². The number of piperidine rings is 1. The first kappa shape index (κ1) is 19.4. The van der Waals surface area contributed by atoms with Gasteiger partial charge in [0.25, 0.3) is 0 Å². The molecule has 0 unspecified atom stereocenters. The number of carbonyl (C=O) groups is 1. The summed E-state index contributed by atoms with van der Waals surface area (Å²) in [6.07, 6.45) is 3.38. The van der Waals surface area contributed by atoms with Crippen molar-refractivity contribution in [1.82, 2.24) is 19.8 Å². The summed E-state index contributed by atoms with van der Waals surface area (Å²) in [6.45, 7) is 2.17. The fourth-order valence-corrected chi connectivity index (χ4v) is 3.44. The number of imidazole rings is 1. The van der Waals surface area contributed by atoms with Crippen LogP contribution in [0.1, 0.15) is 18.7 Å². The van der Waals surface area contributed by atoms with Crippen molar-refractivity contribution in [1.29, 1.82) is 0 Å². The van der Waals surface area contributed by atoms with Crippen LogP contribution in [0.3, 0.4) is 0 Å². The van der Waals surface area contributed by atoms with Crippen LogP contribution in [0.4, 0.5) is 10.5 Å². The van der Waals surface area contributed by atoms with Crippen LogP contribution >= 0.6 is 11.6 Å². The SMILES string of the molecule is COc1ccccc1N1CCC(NC(=O)N(C)Cc2ncc(Cl)n2C)CC1. The minimum Gasteiger partial charge on any atom is -0.495 e. The van der Waals surface area contributed by atoms with Crippen LogP contribution in [0.25, 0.3) is 0 Å². The highest BCUT2D eigenvalue weighted by atomic mass is 35.5. The highest BCUT2D eigenvalue weighted by molar-refractivity contribution is 6.29. The van der Waals surface area contributed by atoms with E-state index in [0.29, 0.717) is 11.7 Å². The van der Waals surface area contributed by atoms with Crippen LogP contribution < -0.4 is 15.0 Å². The average molecular weight is 392 g/mol. The maximum Gasteiger partial charge on any atom is 0.317 e. The maximum atomic E-state index is 12.5. The molecule has 0 atom stereocenters. The molecule has 2 aromatic rings. The lowest BCUT2D eigenvalue weighted by Gasteiger charge is -2.35. The Kier molecular flexibility index (Phi) is 6.11. The number of ether oxygens (including phenoxy) is 1. The first-order valence-electron chi connectivity index (χ1n) is 9.05. The molecule has 8 heteroatoms. The summed E-state index contributed by atoms with van der Waals surface area (Å²) in [5.41, 5.74) is 1.11. The molecule has 2 amide bonds.